The van der Waals surface area contributed by atoms with Crippen molar-refractivity contribution in [2.24, 2.45) is 17.8 Å². The third-order valence-electron chi connectivity index (χ3n) is 6.67. The summed E-state index contributed by atoms with van der Waals surface area (Å²) in [6, 6.07) is 0. The summed E-state index contributed by atoms with van der Waals surface area (Å²) in [5.74, 6) is 1.09. The van der Waals surface area contributed by atoms with E-state index >= 15 is 0 Å². The number of amides is 3. The number of nitrogens with zero attached hydrogens (tertiary/aromatic N) is 4. The van der Waals surface area contributed by atoms with Crippen molar-refractivity contribution in [2.75, 3.05) is 13.2 Å². The minimum Gasteiger partial charge on any atom is -0.396 e. The Kier molecular flexibility index (Phi) is 14.0. The lowest BCUT2D eigenvalue weighted by Gasteiger charge is -2.25. The first-order chi connectivity index (χ1) is 17.3. The Hall–Kier alpha value is -2.29. The van der Waals surface area contributed by atoms with E-state index in [1.807, 2.05) is 38.6 Å². The number of carbonyl (C=O) groups is 3. The zero-order valence-electron chi connectivity index (χ0n) is 24.4. The average Bonchev–Trinajstić information content (AvgIpc) is 3.37. The van der Waals surface area contributed by atoms with Gasteiger partial charge in [0, 0.05) is 50.2 Å². The molecular weight excluding hydrogens is 470 g/mol. The molecule has 1 aromatic heterocycles. The van der Waals surface area contributed by atoms with Crippen molar-refractivity contribution in [1.29, 1.82) is 0 Å². The molecule has 0 spiro atoms. The number of likely N-dealkylation sites (tertiary alicyclic amines) is 1. The van der Waals surface area contributed by atoms with Gasteiger partial charge >= 0.3 is 0 Å². The number of rotatable bonds is 14. The van der Waals surface area contributed by atoms with Crippen LogP contribution in [0.1, 0.15) is 112 Å². The molecular formula is C28H51N5O4. The Balaban J connectivity index is 0.000000442. The fourth-order valence-corrected chi connectivity index (χ4v) is 4.06. The zero-order valence-corrected chi connectivity index (χ0v) is 24.4. The van der Waals surface area contributed by atoms with Crippen molar-refractivity contribution in [3.63, 3.8) is 0 Å². The van der Waals surface area contributed by atoms with Crippen LogP contribution in [0.5, 0.6) is 0 Å². The van der Waals surface area contributed by atoms with Crippen LogP contribution in [0.2, 0.25) is 0 Å². The molecule has 0 aromatic carbocycles. The van der Waals surface area contributed by atoms with Gasteiger partial charge in [-0.05, 0) is 57.3 Å². The quantitative estimate of drug-likeness (QED) is 0.278. The number of aliphatic hydroxyl groups excluding tert-OH is 1. The van der Waals surface area contributed by atoms with Crippen LogP contribution in [0.3, 0.4) is 0 Å². The molecule has 2 N–H and O–H groups in total. The zero-order chi connectivity index (χ0) is 28.2. The normalized spacial score (nSPS) is 16.1. The van der Waals surface area contributed by atoms with Gasteiger partial charge in [-0.25, -0.2) is 0 Å². The van der Waals surface area contributed by atoms with E-state index in [0.717, 1.165) is 37.4 Å². The highest BCUT2D eigenvalue weighted by Gasteiger charge is 2.39. The van der Waals surface area contributed by atoms with Crippen LogP contribution in [0, 0.1) is 17.8 Å². The summed E-state index contributed by atoms with van der Waals surface area (Å²) in [6.45, 7) is 17.9. The predicted octanol–water partition coefficient (Wildman–Crippen LogP) is 4.30. The highest BCUT2D eigenvalue weighted by Crippen LogP contribution is 2.26. The lowest BCUT2D eigenvalue weighted by molar-refractivity contribution is -0.139. The van der Waals surface area contributed by atoms with Gasteiger partial charge in [0.15, 0.2) is 0 Å². The molecule has 1 aromatic rings. The fourth-order valence-electron chi connectivity index (χ4n) is 4.06. The molecule has 9 nitrogen and oxygen atoms in total. The lowest BCUT2D eigenvalue weighted by Crippen LogP contribution is -2.43. The Morgan fingerprint density at radius 2 is 1.78 bits per heavy atom. The summed E-state index contributed by atoms with van der Waals surface area (Å²) < 4.78 is 1.94. The molecule has 37 heavy (non-hydrogen) atoms. The molecule has 3 amide bonds. The minimum atomic E-state index is -0.397. The van der Waals surface area contributed by atoms with Crippen LogP contribution in [-0.2, 0) is 20.9 Å². The smallest absolute Gasteiger partial charge is 0.233 e. The molecule has 2 heterocycles. The number of aliphatic hydroxyl groups is 1. The van der Waals surface area contributed by atoms with Crippen molar-refractivity contribution < 1.29 is 19.5 Å². The SMILES string of the molecule is CC(C)C1CC(=O)N(CCCCCC(=O)NC(C)(C)CCO)C1=O.CC(C)CCn1cc(C(C)C)nn1. The van der Waals surface area contributed by atoms with Gasteiger partial charge in [-0.15, -0.1) is 5.10 Å². The summed E-state index contributed by atoms with van der Waals surface area (Å²) in [7, 11) is 0. The average molecular weight is 522 g/mol. The van der Waals surface area contributed by atoms with Gasteiger partial charge in [0.1, 0.15) is 0 Å². The summed E-state index contributed by atoms with van der Waals surface area (Å²) in [6.07, 6.45) is 6.75. The number of hydrogen-bond acceptors (Lipinski definition) is 6. The van der Waals surface area contributed by atoms with Crippen LogP contribution in [0.25, 0.3) is 0 Å². The van der Waals surface area contributed by atoms with E-state index in [9.17, 15) is 14.4 Å². The van der Waals surface area contributed by atoms with Crippen molar-refractivity contribution in [2.45, 2.75) is 118 Å². The molecule has 1 fully saturated rings. The molecule has 1 atom stereocenters. The van der Waals surface area contributed by atoms with E-state index < -0.39 is 5.54 Å². The number of carbonyl (C=O) groups excluding carboxylic acids is 3. The molecule has 0 aliphatic carbocycles. The maximum absolute atomic E-state index is 12.2. The molecule has 1 aliphatic heterocycles. The summed E-state index contributed by atoms with van der Waals surface area (Å²) in [4.78, 5) is 37.3. The third-order valence-corrected chi connectivity index (χ3v) is 6.67. The second-order valence-electron chi connectivity index (χ2n) is 11.9. The standard InChI is InChI=1S/C18H32N2O4.C10H19N3/c1-13(2)14-12-16(23)20(17(14)24)10-7-5-6-8-15(22)19-18(3,4)9-11-21;1-8(2)5-6-13-7-10(9(3)4)11-12-13/h13-14,21H,5-12H2,1-4H3,(H,19,22);7-9H,5-6H2,1-4H3. The molecule has 9 heteroatoms. The predicted molar refractivity (Wildman–Crippen MR) is 146 cm³/mol. The second kappa shape index (κ2) is 15.8. The number of nitrogens with one attached hydrogen (secondary N) is 1. The van der Waals surface area contributed by atoms with Gasteiger partial charge in [0.25, 0.3) is 0 Å². The fraction of sp³-hybridized carbons (Fsp3) is 0.821. The van der Waals surface area contributed by atoms with Crippen LogP contribution < -0.4 is 5.32 Å². The number of unbranched alkanes of at least 4 members (excludes halogenated alkanes) is 2. The van der Waals surface area contributed by atoms with Crippen LogP contribution in [0.15, 0.2) is 6.20 Å². The molecule has 0 bridgehead atoms. The van der Waals surface area contributed by atoms with Crippen molar-refractivity contribution >= 4 is 17.7 Å². The number of imide groups is 1. The molecule has 0 radical (unpaired) electrons. The minimum absolute atomic E-state index is 0.0263. The summed E-state index contributed by atoms with van der Waals surface area (Å²) >= 11 is 0. The van der Waals surface area contributed by atoms with E-state index in [0.29, 0.717) is 31.7 Å². The van der Waals surface area contributed by atoms with Crippen molar-refractivity contribution in [1.82, 2.24) is 25.2 Å². The Morgan fingerprint density at radius 1 is 1.11 bits per heavy atom. The van der Waals surface area contributed by atoms with Gasteiger partial charge in [0.05, 0.1) is 5.69 Å². The highest BCUT2D eigenvalue weighted by atomic mass is 16.3. The monoisotopic (exact) mass is 521 g/mol. The number of hydrogen-bond donors (Lipinski definition) is 2. The van der Waals surface area contributed by atoms with E-state index in [-0.39, 0.29) is 36.2 Å². The largest absolute Gasteiger partial charge is 0.396 e. The van der Waals surface area contributed by atoms with Gasteiger partial charge < -0.3 is 10.4 Å². The van der Waals surface area contributed by atoms with Crippen LogP contribution in [0.4, 0.5) is 0 Å². The Morgan fingerprint density at radius 3 is 2.30 bits per heavy atom. The van der Waals surface area contributed by atoms with Crippen LogP contribution in [-0.4, -0.2) is 61.4 Å². The number of aryl methyl sites for hydroxylation is 1. The Labute approximate surface area is 223 Å². The van der Waals surface area contributed by atoms with Gasteiger partial charge in [0.2, 0.25) is 17.7 Å². The van der Waals surface area contributed by atoms with Crippen LogP contribution >= 0.6 is 0 Å². The highest BCUT2D eigenvalue weighted by molar-refractivity contribution is 6.03. The van der Waals surface area contributed by atoms with Gasteiger partial charge in [-0.3, -0.25) is 24.0 Å². The maximum Gasteiger partial charge on any atom is 0.233 e. The summed E-state index contributed by atoms with van der Waals surface area (Å²) in [5, 5.41) is 20.0. The number of aromatic nitrogens is 3. The molecule has 1 unspecified atom stereocenters. The topological polar surface area (TPSA) is 117 Å². The van der Waals surface area contributed by atoms with E-state index in [1.54, 1.807) is 0 Å². The molecule has 1 aliphatic rings. The van der Waals surface area contributed by atoms with Crippen molar-refractivity contribution in [3.8, 4) is 0 Å². The lowest BCUT2D eigenvalue weighted by atomic mass is 9.94. The van der Waals surface area contributed by atoms with E-state index in [4.69, 9.17) is 5.11 Å². The van der Waals surface area contributed by atoms with E-state index in [1.165, 1.54) is 11.3 Å². The van der Waals surface area contributed by atoms with Gasteiger partial charge in [-0.2, -0.15) is 0 Å². The Bertz CT molecular complexity index is 847. The first-order valence-electron chi connectivity index (χ1n) is 13.9. The van der Waals surface area contributed by atoms with Gasteiger partial charge in [-0.1, -0.05) is 53.2 Å². The first-order valence-corrected chi connectivity index (χ1v) is 13.9. The molecule has 1 saturated heterocycles. The molecule has 0 saturated carbocycles. The third kappa shape index (κ3) is 12.2. The second-order valence-corrected chi connectivity index (χ2v) is 11.9. The molecule has 212 valence electrons. The summed E-state index contributed by atoms with van der Waals surface area (Å²) in [5.41, 5.74) is 0.690. The first kappa shape index (κ1) is 32.7. The molecule has 2 rings (SSSR count). The van der Waals surface area contributed by atoms with Crippen molar-refractivity contribution in [3.05, 3.63) is 11.9 Å². The maximum atomic E-state index is 12.2. The van der Waals surface area contributed by atoms with E-state index in [2.05, 4.69) is 43.3 Å².